The molecule has 19 heavy (non-hydrogen) atoms. The second kappa shape index (κ2) is 5.38. The highest BCUT2D eigenvalue weighted by Crippen LogP contribution is 2.47. The number of thioether (sulfide) groups is 1. The Labute approximate surface area is 119 Å². The quantitative estimate of drug-likeness (QED) is 0.739. The number of rotatable bonds is 4. The second-order valence-corrected chi connectivity index (χ2v) is 6.41. The summed E-state index contributed by atoms with van der Waals surface area (Å²) in [6.45, 7) is 4.47. The van der Waals surface area contributed by atoms with Gasteiger partial charge in [0.15, 0.2) is 0 Å². The SMILES string of the molecule is Cc1nc(SCc2ccccc2)ccc1C1CC1C. The molecule has 0 aliphatic heterocycles. The Kier molecular flexibility index (Phi) is 3.61. The number of hydrogen-bond acceptors (Lipinski definition) is 2. The van der Waals surface area contributed by atoms with Gasteiger partial charge in [0, 0.05) is 11.4 Å². The third-order valence-corrected chi connectivity index (χ3v) is 4.84. The van der Waals surface area contributed by atoms with Gasteiger partial charge in [-0.05, 0) is 42.4 Å². The number of aromatic nitrogens is 1. The van der Waals surface area contributed by atoms with E-state index >= 15 is 0 Å². The molecule has 2 heteroatoms. The van der Waals surface area contributed by atoms with Gasteiger partial charge >= 0.3 is 0 Å². The van der Waals surface area contributed by atoms with E-state index in [1.807, 2.05) is 11.8 Å². The van der Waals surface area contributed by atoms with Crippen molar-refractivity contribution in [2.24, 2.45) is 5.92 Å². The topological polar surface area (TPSA) is 12.9 Å². The van der Waals surface area contributed by atoms with Crippen LogP contribution in [0.15, 0.2) is 47.5 Å². The number of hydrogen-bond donors (Lipinski definition) is 0. The number of nitrogens with zero attached hydrogens (tertiary/aromatic N) is 1. The summed E-state index contributed by atoms with van der Waals surface area (Å²) in [6, 6.07) is 15.0. The van der Waals surface area contributed by atoms with Gasteiger partial charge in [-0.3, -0.25) is 0 Å². The van der Waals surface area contributed by atoms with Crippen molar-refractivity contribution < 1.29 is 0 Å². The molecule has 0 radical (unpaired) electrons. The van der Waals surface area contributed by atoms with Crippen molar-refractivity contribution in [2.75, 3.05) is 0 Å². The van der Waals surface area contributed by atoms with Crippen LogP contribution in [0.2, 0.25) is 0 Å². The predicted molar refractivity (Wildman–Crippen MR) is 81.5 cm³/mol. The van der Waals surface area contributed by atoms with Crippen molar-refractivity contribution in [3.63, 3.8) is 0 Å². The van der Waals surface area contributed by atoms with Crippen LogP contribution in [-0.2, 0) is 5.75 Å². The zero-order valence-electron chi connectivity index (χ0n) is 11.5. The Hall–Kier alpha value is -1.28. The van der Waals surface area contributed by atoms with Crippen LogP contribution in [-0.4, -0.2) is 4.98 Å². The molecule has 1 aliphatic carbocycles. The summed E-state index contributed by atoms with van der Waals surface area (Å²) in [4.78, 5) is 4.75. The summed E-state index contributed by atoms with van der Waals surface area (Å²) >= 11 is 1.82. The fourth-order valence-corrected chi connectivity index (χ4v) is 3.38. The Balaban J connectivity index is 1.67. The highest BCUT2D eigenvalue weighted by molar-refractivity contribution is 7.98. The van der Waals surface area contributed by atoms with Gasteiger partial charge < -0.3 is 0 Å². The molecule has 0 N–H and O–H groups in total. The van der Waals surface area contributed by atoms with Gasteiger partial charge in [-0.15, -0.1) is 11.8 Å². The smallest absolute Gasteiger partial charge is 0.0966 e. The van der Waals surface area contributed by atoms with Crippen molar-refractivity contribution in [3.8, 4) is 0 Å². The van der Waals surface area contributed by atoms with E-state index in [4.69, 9.17) is 4.98 Å². The third kappa shape index (κ3) is 3.01. The van der Waals surface area contributed by atoms with Gasteiger partial charge in [0.2, 0.25) is 0 Å². The lowest BCUT2D eigenvalue weighted by atomic mass is 10.1. The van der Waals surface area contributed by atoms with E-state index in [9.17, 15) is 0 Å². The first kappa shape index (κ1) is 12.7. The molecule has 1 heterocycles. The van der Waals surface area contributed by atoms with Crippen molar-refractivity contribution >= 4 is 11.8 Å². The maximum Gasteiger partial charge on any atom is 0.0966 e. The highest BCUT2D eigenvalue weighted by Gasteiger charge is 2.35. The lowest BCUT2D eigenvalue weighted by Crippen LogP contribution is -1.93. The molecule has 0 spiro atoms. The largest absolute Gasteiger partial charge is 0.247 e. The van der Waals surface area contributed by atoms with E-state index in [2.05, 4.69) is 56.3 Å². The molecule has 2 atom stereocenters. The fourth-order valence-electron chi connectivity index (χ4n) is 2.51. The van der Waals surface area contributed by atoms with Crippen LogP contribution in [0.1, 0.15) is 36.1 Å². The van der Waals surface area contributed by atoms with Crippen LogP contribution in [0.5, 0.6) is 0 Å². The standard InChI is InChI=1S/C17H19NS/c1-12-10-16(12)15-8-9-17(18-13(15)2)19-11-14-6-4-3-5-7-14/h3-9,12,16H,10-11H2,1-2H3. The minimum atomic E-state index is 0.765. The predicted octanol–water partition coefficient (Wildman–Crippen LogP) is 4.81. The Morgan fingerprint density at radius 3 is 2.53 bits per heavy atom. The van der Waals surface area contributed by atoms with E-state index in [0.29, 0.717) is 0 Å². The Bertz CT molecular complexity index is 565. The molecule has 3 rings (SSSR count). The van der Waals surface area contributed by atoms with E-state index < -0.39 is 0 Å². The fraction of sp³-hybridized carbons (Fsp3) is 0.353. The second-order valence-electron chi connectivity index (χ2n) is 5.42. The molecule has 0 bridgehead atoms. The average Bonchev–Trinajstić information content (AvgIpc) is 3.14. The molecule has 1 aromatic heterocycles. The molecule has 1 nitrogen and oxygen atoms in total. The van der Waals surface area contributed by atoms with Crippen molar-refractivity contribution in [1.29, 1.82) is 0 Å². The molecule has 2 unspecified atom stereocenters. The molecule has 1 fully saturated rings. The molecule has 1 aromatic carbocycles. The van der Waals surface area contributed by atoms with Gasteiger partial charge in [-0.1, -0.05) is 43.3 Å². The Morgan fingerprint density at radius 1 is 1.16 bits per heavy atom. The number of aryl methyl sites for hydroxylation is 1. The summed E-state index contributed by atoms with van der Waals surface area (Å²) in [6.07, 6.45) is 1.33. The molecular formula is C17H19NS. The van der Waals surface area contributed by atoms with Crippen molar-refractivity contribution in [2.45, 2.75) is 37.0 Å². The van der Waals surface area contributed by atoms with E-state index in [1.54, 1.807) is 0 Å². The summed E-state index contributed by atoms with van der Waals surface area (Å²) in [5.74, 6) is 2.61. The van der Waals surface area contributed by atoms with Gasteiger partial charge in [-0.2, -0.15) is 0 Å². The van der Waals surface area contributed by atoms with Crippen LogP contribution < -0.4 is 0 Å². The summed E-state index contributed by atoms with van der Waals surface area (Å²) in [7, 11) is 0. The number of pyridine rings is 1. The van der Waals surface area contributed by atoms with E-state index in [1.165, 1.54) is 23.2 Å². The third-order valence-electron chi connectivity index (χ3n) is 3.84. The van der Waals surface area contributed by atoms with Crippen LogP contribution in [0.3, 0.4) is 0 Å². The molecule has 98 valence electrons. The minimum Gasteiger partial charge on any atom is -0.247 e. The van der Waals surface area contributed by atoms with E-state index in [0.717, 1.165) is 22.6 Å². The summed E-state index contributed by atoms with van der Waals surface area (Å²) < 4.78 is 0. The zero-order valence-corrected chi connectivity index (χ0v) is 12.3. The molecule has 0 amide bonds. The average molecular weight is 269 g/mol. The Morgan fingerprint density at radius 2 is 1.89 bits per heavy atom. The molecular weight excluding hydrogens is 250 g/mol. The van der Waals surface area contributed by atoms with Crippen molar-refractivity contribution in [3.05, 3.63) is 59.3 Å². The zero-order chi connectivity index (χ0) is 13.2. The minimum absolute atomic E-state index is 0.765. The van der Waals surface area contributed by atoms with E-state index in [-0.39, 0.29) is 0 Å². The maximum atomic E-state index is 4.75. The molecule has 0 saturated heterocycles. The lowest BCUT2D eigenvalue weighted by Gasteiger charge is -2.07. The van der Waals surface area contributed by atoms with Gasteiger partial charge in [-0.25, -0.2) is 4.98 Å². The van der Waals surface area contributed by atoms with Crippen molar-refractivity contribution in [1.82, 2.24) is 4.98 Å². The van der Waals surface area contributed by atoms with Crippen LogP contribution in [0.25, 0.3) is 0 Å². The first-order valence-corrected chi connectivity index (χ1v) is 7.87. The van der Waals surface area contributed by atoms with Gasteiger partial charge in [0.25, 0.3) is 0 Å². The van der Waals surface area contributed by atoms with Gasteiger partial charge in [0.05, 0.1) is 5.03 Å². The summed E-state index contributed by atoms with van der Waals surface area (Å²) in [5.41, 5.74) is 4.02. The van der Waals surface area contributed by atoms with Crippen LogP contribution in [0, 0.1) is 12.8 Å². The normalized spacial score (nSPS) is 21.4. The maximum absolute atomic E-state index is 4.75. The monoisotopic (exact) mass is 269 g/mol. The first-order valence-electron chi connectivity index (χ1n) is 6.88. The molecule has 2 aromatic rings. The van der Waals surface area contributed by atoms with Crippen LogP contribution in [0.4, 0.5) is 0 Å². The first-order chi connectivity index (χ1) is 9.24. The molecule has 1 aliphatic rings. The number of benzene rings is 1. The van der Waals surface area contributed by atoms with Gasteiger partial charge in [0.1, 0.15) is 0 Å². The van der Waals surface area contributed by atoms with Crippen LogP contribution >= 0.6 is 11.8 Å². The molecule has 1 saturated carbocycles. The lowest BCUT2D eigenvalue weighted by molar-refractivity contribution is 0.887. The highest BCUT2D eigenvalue weighted by atomic mass is 32.2. The summed E-state index contributed by atoms with van der Waals surface area (Å²) in [5, 5.41) is 1.14.